The molecule has 0 aliphatic carbocycles. The zero-order valence-corrected chi connectivity index (χ0v) is 16.4. The van der Waals surface area contributed by atoms with Crippen LogP contribution in [-0.4, -0.2) is 26.2 Å². The van der Waals surface area contributed by atoms with Gasteiger partial charge in [0.1, 0.15) is 5.75 Å². The van der Waals surface area contributed by atoms with E-state index < -0.39 is 0 Å². The number of methoxy groups -OCH3 is 1. The van der Waals surface area contributed by atoms with E-state index in [1.54, 1.807) is 7.11 Å². The normalized spacial score (nSPS) is 12.2. The molecule has 0 bridgehead atoms. The van der Waals surface area contributed by atoms with Crippen LogP contribution in [0.4, 0.5) is 0 Å². The Bertz CT molecular complexity index is 832. The molecule has 27 heavy (non-hydrogen) atoms. The first-order chi connectivity index (χ1) is 13.3. The smallest absolute Gasteiger partial charge is 0.123 e. The van der Waals surface area contributed by atoms with Gasteiger partial charge in [-0.05, 0) is 48.7 Å². The Balaban J connectivity index is 1.45. The first-order valence-electron chi connectivity index (χ1n) is 9.80. The molecule has 0 amide bonds. The molecule has 0 saturated heterocycles. The van der Waals surface area contributed by atoms with E-state index >= 15 is 0 Å². The third-order valence-electron chi connectivity index (χ3n) is 4.96. The van der Waals surface area contributed by atoms with Gasteiger partial charge in [-0.15, -0.1) is 0 Å². The molecule has 0 radical (unpaired) electrons. The second kappa shape index (κ2) is 10.1. The van der Waals surface area contributed by atoms with Crippen LogP contribution in [0.1, 0.15) is 24.5 Å². The molecule has 0 saturated carbocycles. The van der Waals surface area contributed by atoms with E-state index in [0.717, 1.165) is 38.2 Å². The molecule has 2 N–H and O–H groups in total. The molecule has 1 unspecified atom stereocenters. The molecule has 0 aliphatic heterocycles. The third kappa shape index (κ3) is 5.56. The number of benzene rings is 3. The average molecular weight is 363 g/mol. The van der Waals surface area contributed by atoms with E-state index in [0.29, 0.717) is 6.04 Å². The highest BCUT2D eigenvalue weighted by atomic mass is 16.5. The van der Waals surface area contributed by atoms with E-state index in [1.807, 2.05) is 0 Å². The van der Waals surface area contributed by atoms with Gasteiger partial charge in [-0.1, -0.05) is 60.7 Å². The number of hydrogen-bond donors (Lipinski definition) is 2. The van der Waals surface area contributed by atoms with Crippen LogP contribution in [0.2, 0.25) is 0 Å². The van der Waals surface area contributed by atoms with E-state index in [1.165, 1.54) is 21.9 Å². The molecule has 0 aliphatic rings. The first-order valence-corrected chi connectivity index (χ1v) is 9.80. The number of fused-ring (bicyclic) bond motifs is 1. The second-order valence-corrected chi connectivity index (χ2v) is 7.04. The minimum absolute atomic E-state index is 0.394. The molecule has 1 atom stereocenters. The highest BCUT2D eigenvalue weighted by Crippen LogP contribution is 2.27. The van der Waals surface area contributed by atoms with Gasteiger partial charge in [-0.2, -0.15) is 0 Å². The van der Waals surface area contributed by atoms with Gasteiger partial charge in [0.15, 0.2) is 0 Å². The Hall–Kier alpha value is -2.36. The quantitative estimate of drug-likeness (QED) is 0.519. The summed E-state index contributed by atoms with van der Waals surface area (Å²) in [5, 5.41) is 9.70. The van der Waals surface area contributed by atoms with Crippen LogP contribution < -0.4 is 15.4 Å². The van der Waals surface area contributed by atoms with Crippen molar-refractivity contribution in [2.45, 2.75) is 32.4 Å². The van der Waals surface area contributed by atoms with Crippen molar-refractivity contribution in [3.8, 4) is 5.75 Å². The van der Waals surface area contributed by atoms with Gasteiger partial charge in [0.25, 0.3) is 0 Å². The zero-order chi connectivity index (χ0) is 18.9. The SMILES string of the molecule is COc1ccc2ccccc2c1CNC(C)CNCCCc1ccccc1. The topological polar surface area (TPSA) is 33.3 Å². The molecule has 3 aromatic rings. The lowest BCUT2D eigenvalue weighted by Crippen LogP contribution is -2.36. The summed E-state index contributed by atoms with van der Waals surface area (Å²) in [7, 11) is 1.74. The van der Waals surface area contributed by atoms with Crippen molar-refractivity contribution in [3.63, 3.8) is 0 Å². The van der Waals surface area contributed by atoms with Gasteiger partial charge in [0.2, 0.25) is 0 Å². The number of rotatable bonds is 10. The molecule has 3 nitrogen and oxygen atoms in total. The standard InChI is InChI=1S/C24H30N2O/c1-19(17-25-16-8-11-20-9-4-3-5-10-20)26-18-23-22-13-7-6-12-21(22)14-15-24(23)27-2/h3-7,9-10,12-15,19,25-26H,8,11,16-18H2,1-2H3. The molecule has 3 heteroatoms. The van der Waals surface area contributed by atoms with Crippen LogP contribution in [-0.2, 0) is 13.0 Å². The van der Waals surface area contributed by atoms with Crippen molar-refractivity contribution in [1.82, 2.24) is 10.6 Å². The van der Waals surface area contributed by atoms with Crippen molar-refractivity contribution in [2.75, 3.05) is 20.2 Å². The Morgan fingerprint density at radius 3 is 2.52 bits per heavy atom. The second-order valence-electron chi connectivity index (χ2n) is 7.04. The number of ether oxygens (including phenoxy) is 1. The van der Waals surface area contributed by atoms with Gasteiger partial charge in [-0.25, -0.2) is 0 Å². The van der Waals surface area contributed by atoms with Gasteiger partial charge in [0.05, 0.1) is 7.11 Å². The first kappa shape index (κ1) is 19.4. The molecule has 0 aromatic heterocycles. The van der Waals surface area contributed by atoms with Crippen molar-refractivity contribution < 1.29 is 4.74 Å². The maximum Gasteiger partial charge on any atom is 0.123 e. The molecule has 0 spiro atoms. The minimum atomic E-state index is 0.394. The maximum absolute atomic E-state index is 5.59. The fraction of sp³-hybridized carbons (Fsp3) is 0.333. The molecular weight excluding hydrogens is 332 g/mol. The van der Waals surface area contributed by atoms with Crippen molar-refractivity contribution >= 4 is 10.8 Å². The highest BCUT2D eigenvalue weighted by Gasteiger charge is 2.09. The van der Waals surface area contributed by atoms with Crippen LogP contribution in [0, 0.1) is 0 Å². The van der Waals surface area contributed by atoms with Gasteiger partial charge < -0.3 is 15.4 Å². The number of aryl methyl sites for hydroxylation is 1. The summed E-state index contributed by atoms with van der Waals surface area (Å²) >= 11 is 0. The van der Waals surface area contributed by atoms with Crippen molar-refractivity contribution in [2.24, 2.45) is 0 Å². The van der Waals surface area contributed by atoms with Crippen LogP contribution in [0.5, 0.6) is 5.75 Å². The summed E-state index contributed by atoms with van der Waals surface area (Å²) in [6.07, 6.45) is 2.29. The fourth-order valence-electron chi connectivity index (χ4n) is 3.42. The molecule has 3 aromatic carbocycles. The van der Waals surface area contributed by atoms with E-state index in [4.69, 9.17) is 4.74 Å². The molecular formula is C24H30N2O. The highest BCUT2D eigenvalue weighted by molar-refractivity contribution is 5.87. The van der Waals surface area contributed by atoms with Crippen LogP contribution in [0.25, 0.3) is 10.8 Å². The van der Waals surface area contributed by atoms with Gasteiger partial charge in [-0.3, -0.25) is 0 Å². The van der Waals surface area contributed by atoms with Crippen molar-refractivity contribution in [1.29, 1.82) is 0 Å². The summed E-state index contributed by atoms with van der Waals surface area (Å²) in [5.74, 6) is 0.948. The average Bonchev–Trinajstić information content (AvgIpc) is 2.72. The lowest BCUT2D eigenvalue weighted by Gasteiger charge is -2.17. The van der Waals surface area contributed by atoms with Gasteiger partial charge in [0, 0.05) is 24.7 Å². The van der Waals surface area contributed by atoms with E-state index in [2.05, 4.69) is 84.3 Å². The summed E-state index contributed by atoms with van der Waals surface area (Å²) in [6.45, 7) is 5.03. The third-order valence-corrected chi connectivity index (χ3v) is 4.96. The largest absolute Gasteiger partial charge is 0.496 e. The predicted octanol–water partition coefficient (Wildman–Crippen LogP) is 4.55. The molecule has 3 rings (SSSR count). The minimum Gasteiger partial charge on any atom is -0.496 e. The van der Waals surface area contributed by atoms with Crippen molar-refractivity contribution in [3.05, 3.63) is 77.9 Å². The lowest BCUT2D eigenvalue weighted by molar-refractivity contribution is 0.406. The van der Waals surface area contributed by atoms with Crippen LogP contribution in [0.15, 0.2) is 66.7 Å². The van der Waals surface area contributed by atoms with Gasteiger partial charge >= 0.3 is 0 Å². The molecule has 0 heterocycles. The van der Waals surface area contributed by atoms with Crippen LogP contribution >= 0.6 is 0 Å². The Labute approximate surface area is 162 Å². The zero-order valence-electron chi connectivity index (χ0n) is 16.4. The lowest BCUT2D eigenvalue weighted by atomic mass is 10.0. The Morgan fingerprint density at radius 2 is 1.70 bits per heavy atom. The molecule has 0 fully saturated rings. The maximum atomic E-state index is 5.59. The fourth-order valence-corrected chi connectivity index (χ4v) is 3.42. The number of nitrogens with one attached hydrogen (secondary N) is 2. The summed E-state index contributed by atoms with van der Waals surface area (Å²) in [4.78, 5) is 0. The Kier molecular flexibility index (Phi) is 7.26. The summed E-state index contributed by atoms with van der Waals surface area (Å²) < 4.78 is 5.59. The summed E-state index contributed by atoms with van der Waals surface area (Å²) in [5.41, 5.74) is 2.64. The Morgan fingerprint density at radius 1 is 0.926 bits per heavy atom. The monoisotopic (exact) mass is 362 g/mol. The van der Waals surface area contributed by atoms with E-state index in [-0.39, 0.29) is 0 Å². The van der Waals surface area contributed by atoms with E-state index in [9.17, 15) is 0 Å². The predicted molar refractivity (Wildman–Crippen MR) is 114 cm³/mol. The van der Waals surface area contributed by atoms with Crippen LogP contribution in [0.3, 0.4) is 0 Å². The summed E-state index contributed by atoms with van der Waals surface area (Å²) in [6, 6.07) is 23.7. The molecule has 142 valence electrons. The number of hydrogen-bond acceptors (Lipinski definition) is 3.